The number of rotatable bonds is 11. The van der Waals surface area contributed by atoms with Crippen molar-refractivity contribution >= 4 is 0 Å². The van der Waals surface area contributed by atoms with Gasteiger partial charge in [0, 0.05) is 0 Å². The zero-order valence-corrected chi connectivity index (χ0v) is 18.4. The lowest BCUT2D eigenvalue weighted by molar-refractivity contribution is -0.285. The molecule has 1 heterocycles. The zero-order chi connectivity index (χ0) is 23.8. The number of halogens is 6. The van der Waals surface area contributed by atoms with Crippen LogP contribution in [-0.4, -0.2) is 23.1 Å². The molecule has 0 bridgehead atoms. The van der Waals surface area contributed by atoms with Gasteiger partial charge in [-0.05, 0) is 68.9 Å². The van der Waals surface area contributed by atoms with E-state index in [4.69, 9.17) is 4.74 Å². The minimum Gasteiger partial charge on any atom is -0.508 e. The van der Waals surface area contributed by atoms with Crippen LogP contribution in [0.4, 0.5) is 26.3 Å². The maximum atomic E-state index is 12.5. The molecule has 0 fully saturated rings. The van der Waals surface area contributed by atoms with Crippen molar-refractivity contribution in [1.82, 2.24) is 0 Å². The molecule has 32 heavy (non-hydrogen) atoms. The van der Waals surface area contributed by atoms with E-state index < -0.39 is 24.7 Å². The van der Waals surface area contributed by atoms with Gasteiger partial charge in [-0.15, -0.1) is 0 Å². The third-order valence-corrected chi connectivity index (χ3v) is 5.90. The largest absolute Gasteiger partial charge is 0.508 e. The molecule has 2 nitrogen and oxygen atoms in total. The van der Waals surface area contributed by atoms with Gasteiger partial charge in [0.05, 0.1) is 0 Å². The lowest BCUT2D eigenvalue weighted by Gasteiger charge is -2.33. The van der Waals surface area contributed by atoms with E-state index in [1.54, 1.807) is 18.2 Å². The Morgan fingerprint density at radius 2 is 1.56 bits per heavy atom. The van der Waals surface area contributed by atoms with Crippen LogP contribution in [0.5, 0.6) is 11.5 Å². The molecule has 2 rings (SSSR count). The Morgan fingerprint density at radius 3 is 2.19 bits per heavy atom. The van der Waals surface area contributed by atoms with E-state index in [0.717, 1.165) is 56.3 Å². The van der Waals surface area contributed by atoms with Crippen molar-refractivity contribution in [3.63, 3.8) is 0 Å². The Labute approximate surface area is 185 Å². The van der Waals surface area contributed by atoms with Crippen molar-refractivity contribution in [3.05, 3.63) is 35.9 Å². The second-order valence-electron chi connectivity index (χ2n) is 8.80. The highest BCUT2D eigenvalue weighted by Gasteiger charge is 2.55. The van der Waals surface area contributed by atoms with Crippen molar-refractivity contribution in [2.45, 2.75) is 95.5 Å². The molecule has 0 saturated heterocycles. The summed E-state index contributed by atoms with van der Waals surface area (Å²) in [6.45, 7) is 2.03. The van der Waals surface area contributed by atoms with Gasteiger partial charge in [0.1, 0.15) is 17.1 Å². The molecule has 0 aliphatic carbocycles. The SMILES string of the molecule is CC1(C=CCCCCCCCCCC(C(F)(F)F)C(F)(F)F)CCc2cc(O)ccc2O1. The second-order valence-corrected chi connectivity index (χ2v) is 8.80. The van der Waals surface area contributed by atoms with Crippen molar-refractivity contribution in [2.75, 3.05) is 0 Å². The van der Waals surface area contributed by atoms with Gasteiger partial charge in [0.15, 0.2) is 5.92 Å². The van der Waals surface area contributed by atoms with E-state index in [0.29, 0.717) is 12.8 Å². The summed E-state index contributed by atoms with van der Waals surface area (Å²) >= 11 is 0. The summed E-state index contributed by atoms with van der Waals surface area (Å²) in [5.41, 5.74) is 0.623. The molecule has 0 aromatic heterocycles. The predicted molar refractivity (Wildman–Crippen MR) is 112 cm³/mol. The number of hydrogen-bond donors (Lipinski definition) is 1. The van der Waals surface area contributed by atoms with Crippen molar-refractivity contribution in [1.29, 1.82) is 0 Å². The molecule has 182 valence electrons. The van der Waals surface area contributed by atoms with Gasteiger partial charge in [-0.1, -0.05) is 44.6 Å². The van der Waals surface area contributed by atoms with Crippen LogP contribution >= 0.6 is 0 Å². The van der Waals surface area contributed by atoms with E-state index in [2.05, 4.69) is 12.2 Å². The van der Waals surface area contributed by atoms with Crippen LogP contribution in [0.15, 0.2) is 30.4 Å². The third kappa shape index (κ3) is 8.58. The quantitative estimate of drug-likeness (QED) is 0.202. The number of ether oxygens (including phenoxy) is 1. The van der Waals surface area contributed by atoms with Gasteiger partial charge >= 0.3 is 12.4 Å². The number of aromatic hydroxyl groups is 1. The van der Waals surface area contributed by atoms with Gasteiger partial charge in [-0.3, -0.25) is 0 Å². The standard InChI is InChI=1S/C24H32F6O2/c1-22(16-14-18-17-19(31)12-13-20(18)32-22)15-10-8-6-4-2-3-5-7-9-11-21(23(25,26)27)24(28,29)30/h10,12-13,15,17,21,31H,2-9,11,14,16H2,1H3. The first-order valence-electron chi connectivity index (χ1n) is 11.2. The average molecular weight is 467 g/mol. The van der Waals surface area contributed by atoms with E-state index >= 15 is 0 Å². The van der Waals surface area contributed by atoms with Crippen LogP contribution in [0.25, 0.3) is 0 Å². The number of hydrogen-bond acceptors (Lipinski definition) is 2. The van der Waals surface area contributed by atoms with Crippen molar-refractivity contribution in [3.8, 4) is 11.5 Å². The first-order valence-corrected chi connectivity index (χ1v) is 11.2. The Kier molecular flexibility index (Phi) is 9.34. The van der Waals surface area contributed by atoms with E-state index in [1.165, 1.54) is 0 Å². The lowest BCUT2D eigenvalue weighted by atomic mass is 9.91. The average Bonchev–Trinajstić information content (AvgIpc) is 2.67. The normalized spacial score (nSPS) is 19.4. The zero-order valence-electron chi connectivity index (χ0n) is 18.4. The molecule has 1 aromatic rings. The molecule has 1 unspecified atom stereocenters. The summed E-state index contributed by atoms with van der Waals surface area (Å²) in [6, 6.07) is 5.12. The Hall–Kier alpha value is -1.86. The highest BCUT2D eigenvalue weighted by Crippen LogP contribution is 2.42. The minimum atomic E-state index is -5.22. The lowest BCUT2D eigenvalue weighted by Crippen LogP contribution is -2.36. The Balaban J connectivity index is 1.55. The molecule has 0 radical (unpaired) electrons. The number of aryl methyl sites for hydroxylation is 1. The third-order valence-electron chi connectivity index (χ3n) is 5.90. The maximum absolute atomic E-state index is 12.5. The summed E-state index contributed by atoms with van der Waals surface area (Å²) < 4.78 is 80.9. The predicted octanol–water partition coefficient (Wildman–Crippen LogP) is 8.28. The van der Waals surface area contributed by atoms with Crippen molar-refractivity contribution in [2.24, 2.45) is 5.92 Å². The van der Waals surface area contributed by atoms with Crippen LogP contribution in [0, 0.1) is 5.92 Å². The highest BCUT2D eigenvalue weighted by molar-refractivity contribution is 5.42. The molecule has 8 heteroatoms. The molecule has 0 spiro atoms. The molecular weight excluding hydrogens is 434 g/mol. The summed E-state index contributed by atoms with van der Waals surface area (Å²) in [7, 11) is 0. The summed E-state index contributed by atoms with van der Waals surface area (Å²) in [6.07, 6.45) is 0.0298. The molecule has 1 aliphatic rings. The first-order chi connectivity index (χ1) is 14.9. The van der Waals surface area contributed by atoms with E-state index in [9.17, 15) is 31.4 Å². The number of benzene rings is 1. The van der Waals surface area contributed by atoms with Crippen LogP contribution in [0.2, 0.25) is 0 Å². The molecule has 1 aliphatic heterocycles. The topological polar surface area (TPSA) is 29.5 Å². The second kappa shape index (κ2) is 11.3. The maximum Gasteiger partial charge on any atom is 0.400 e. The summed E-state index contributed by atoms with van der Waals surface area (Å²) in [4.78, 5) is 0. The molecule has 0 saturated carbocycles. The number of alkyl halides is 6. The smallest absolute Gasteiger partial charge is 0.400 e. The monoisotopic (exact) mass is 466 g/mol. The van der Waals surface area contributed by atoms with Crippen molar-refractivity contribution < 1.29 is 36.2 Å². The van der Waals surface area contributed by atoms with Crippen LogP contribution in [0.1, 0.15) is 76.7 Å². The van der Waals surface area contributed by atoms with Gasteiger partial charge in [0.25, 0.3) is 0 Å². The van der Waals surface area contributed by atoms with Crippen LogP contribution < -0.4 is 4.74 Å². The minimum absolute atomic E-state index is 0.0618. The van der Waals surface area contributed by atoms with Crippen LogP contribution in [0.3, 0.4) is 0 Å². The number of phenols is 1. The van der Waals surface area contributed by atoms with Gasteiger partial charge in [-0.25, -0.2) is 0 Å². The fourth-order valence-corrected chi connectivity index (χ4v) is 4.00. The summed E-state index contributed by atoms with van der Waals surface area (Å²) in [5.74, 6) is -2.19. The van der Waals surface area contributed by atoms with E-state index in [-0.39, 0.29) is 17.8 Å². The van der Waals surface area contributed by atoms with Gasteiger partial charge in [0.2, 0.25) is 0 Å². The van der Waals surface area contributed by atoms with Gasteiger partial charge in [-0.2, -0.15) is 26.3 Å². The Bertz CT molecular complexity index is 727. The molecule has 1 N–H and O–H groups in total. The molecule has 1 aromatic carbocycles. The fourth-order valence-electron chi connectivity index (χ4n) is 4.00. The highest BCUT2D eigenvalue weighted by atomic mass is 19.4. The number of phenolic OH excluding ortho intramolecular Hbond substituents is 1. The fraction of sp³-hybridized carbons (Fsp3) is 0.667. The molecule has 1 atom stereocenters. The molecule has 0 amide bonds. The number of allylic oxidation sites excluding steroid dienone is 1. The van der Waals surface area contributed by atoms with Crippen LogP contribution in [-0.2, 0) is 6.42 Å². The van der Waals surface area contributed by atoms with E-state index in [1.807, 2.05) is 6.92 Å². The summed E-state index contributed by atoms with van der Waals surface area (Å²) in [5, 5.41) is 9.55. The Morgan fingerprint density at radius 1 is 0.969 bits per heavy atom. The molecular formula is C24H32F6O2. The number of fused-ring (bicyclic) bond motifs is 1. The van der Waals surface area contributed by atoms with Gasteiger partial charge < -0.3 is 9.84 Å². The number of unbranched alkanes of at least 4 members (excludes halogenated alkanes) is 7. The first kappa shape index (κ1) is 26.4.